The van der Waals surface area contributed by atoms with Crippen molar-refractivity contribution in [2.75, 3.05) is 0 Å². The fourth-order valence-electron chi connectivity index (χ4n) is 2.89. The molecule has 1 aromatic rings. The van der Waals surface area contributed by atoms with E-state index in [0.29, 0.717) is 17.8 Å². The van der Waals surface area contributed by atoms with Crippen molar-refractivity contribution in [2.45, 2.75) is 52.1 Å². The van der Waals surface area contributed by atoms with Crippen LogP contribution in [0.3, 0.4) is 0 Å². The first-order valence-corrected chi connectivity index (χ1v) is 7.79. The van der Waals surface area contributed by atoms with Crippen LogP contribution in [-0.2, 0) is 6.42 Å². The Morgan fingerprint density at radius 3 is 2.58 bits per heavy atom. The lowest BCUT2D eigenvalue weighted by molar-refractivity contribution is 0.0575. The van der Waals surface area contributed by atoms with Crippen molar-refractivity contribution in [1.29, 1.82) is 0 Å². The molecule has 1 aromatic carbocycles. The summed E-state index contributed by atoms with van der Waals surface area (Å²) >= 11 is 3.37. The van der Waals surface area contributed by atoms with Crippen LogP contribution in [0, 0.1) is 17.2 Å². The third kappa shape index (κ3) is 4.03. The van der Waals surface area contributed by atoms with Crippen molar-refractivity contribution in [2.24, 2.45) is 11.3 Å². The molecular formula is C16H22BrFO. The predicted molar refractivity (Wildman–Crippen MR) is 79.5 cm³/mol. The van der Waals surface area contributed by atoms with E-state index in [-0.39, 0.29) is 11.9 Å². The lowest BCUT2D eigenvalue weighted by Gasteiger charge is -2.36. The molecule has 1 nitrogen and oxygen atoms in total. The number of aliphatic hydroxyl groups is 1. The molecule has 0 bridgehead atoms. The predicted octanol–water partition coefficient (Wildman–Crippen LogP) is 4.71. The zero-order chi connectivity index (χ0) is 14.0. The molecule has 106 valence electrons. The Bertz CT molecular complexity index is 434. The van der Waals surface area contributed by atoms with Crippen LogP contribution in [-0.4, -0.2) is 11.2 Å². The van der Waals surface area contributed by atoms with Crippen LogP contribution in [0.15, 0.2) is 22.7 Å². The van der Waals surface area contributed by atoms with Crippen LogP contribution >= 0.6 is 15.9 Å². The first kappa shape index (κ1) is 15.0. The van der Waals surface area contributed by atoms with Gasteiger partial charge in [-0.2, -0.15) is 0 Å². The molecule has 0 amide bonds. The summed E-state index contributed by atoms with van der Waals surface area (Å²) < 4.78 is 13.8. The molecule has 3 heteroatoms. The number of hydrogen-bond donors (Lipinski definition) is 1. The molecule has 1 N–H and O–H groups in total. The minimum Gasteiger partial charge on any atom is -0.392 e. The molecule has 1 aliphatic carbocycles. The topological polar surface area (TPSA) is 20.2 Å². The van der Waals surface area contributed by atoms with Crippen LogP contribution < -0.4 is 0 Å². The summed E-state index contributed by atoms with van der Waals surface area (Å²) in [5.74, 6) is 0.134. The van der Waals surface area contributed by atoms with Crippen molar-refractivity contribution < 1.29 is 9.50 Å². The second-order valence-electron chi connectivity index (χ2n) is 6.51. The number of halogens is 2. The molecule has 0 radical (unpaired) electrons. The molecule has 0 aliphatic heterocycles. The van der Waals surface area contributed by atoms with Crippen molar-refractivity contribution >= 4 is 15.9 Å². The highest BCUT2D eigenvalue weighted by atomic mass is 79.9. The van der Waals surface area contributed by atoms with Gasteiger partial charge in [0.2, 0.25) is 0 Å². The molecule has 1 atom stereocenters. The molecule has 19 heavy (non-hydrogen) atoms. The van der Waals surface area contributed by atoms with Crippen LogP contribution in [0.5, 0.6) is 0 Å². The first-order valence-electron chi connectivity index (χ1n) is 6.99. The van der Waals surface area contributed by atoms with Crippen molar-refractivity contribution in [3.8, 4) is 0 Å². The summed E-state index contributed by atoms with van der Waals surface area (Å²) in [6.07, 6.45) is 4.82. The Morgan fingerprint density at radius 2 is 2.00 bits per heavy atom. The number of hydrogen-bond acceptors (Lipinski definition) is 1. The zero-order valence-electron chi connectivity index (χ0n) is 11.6. The molecule has 0 saturated heterocycles. The number of rotatable bonds is 3. The fourth-order valence-corrected chi connectivity index (χ4v) is 3.40. The summed E-state index contributed by atoms with van der Waals surface area (Å²) in [7, 11) is 0. The van der Waals surface area contributed by atoms with E-state index in [4.69, 9.17) is 0 Å². The van der Waals surface area contributed by atoms with E-state index in [1.165, 1.54) is 25.0 Å². The summed E-state index contributed by atoms with van der Waals surface area (Å²) in [6.45, 7) is 4.60. The van der Waals surface area contributed by atoms with Crippen LogP contribution in [0.1, 0.15) is 45.1 Å². The number of aliphatic hydroxyl groups excluding tert-OH is 1. The van der Waals surface area contributed by atoms with E-state index in [9.17, 15) is 9.50 Å². The van der Waals surface area contributed by atoms with Gasteiger partial charge in [-0.25, -0.2) is 4.39 Å². The monoisotopic (exact) mass is 328 g/mol. The molecular weight excluding hydrogens is 307 g/mol. The number of benzene rings is 1. The maximum Gasteiger partial charge on any atom is 0.124 e. The Morgan fingerprint density at radius 1 is 1.37 bits per heavy atom. The Balaban J connectivity index is 1.96. The lowest BCUT2D eigenvalue weighted by atomic mass is 9.71. The van der Waals surface area contributed by atoms with E-state index in [0.717, 1.165) is 22.9 Å². The average Bonchev–Trinajstić information content (AvgIpc) is 2.32. The minimum absolute atomic E-state index is 0.246. The van der Waals surface area contributed by atoms with Gasteiger partial charge in [0.05, 0.1) is 6.10 Å². The highest BCUT2D eigenvalue weighted by Crippen LogP contribution is 2.39. The van der Waals surface area contributed by atoms with Gasteiger partial charge >= 0.3 is 0 Å². The quantitative estimate of drug-likeness (QED) is 0.852. The van der Waals surface area contributed by atoms with Crippen LogP contribution in [0.2, 0.25) is 0 Å². The van der Waals surface area contributed by atoms with Gasteiger partial charge in [0.25, 0.3) is 0 Å². The van der Waals surface area contributed by atoms with Crippen molar-refractivity contribution in [3.05, 3.63) is 34.1 Å². The van der Waals surface area contributed by atoms with Gasteiger partial charge in [0.1, 0.15) is 5.82 Å². The standard InChI is InChI=1S/C16H22BrFO/c1-16(2)7-5-11(6-8-16)15(19)9-12-3-4-13(18)10-14(12)17/h3-4,10-11,15,19H,5-9H2,1-2H3. The van der Waals surface area contributed by atoms with Gasteiger partial charge in [0, 0.05) is 4.47 Å². The van der Waals surface area contributed by atoms with E-state index in [1.54, 1.807) is 6.07 Å². The van der Waals surface area contributed by atoms with Gasteiger partial charge in [-0.15, -0.1) is 0 Å². The van der Waals surface area contributed by atoms with E-state index < -0.39 is 0 Å². The molecule has 1 fully saturated rings. The summed E-state index contributed by atoms with van der Waals surface area (Å²) in [6, 6.07) is 4.68. The Kier molecular flexibility index (Phi) is 4.67. The molecule has 2 rings (SSSR count). The molecule has 0 heterocycles. The molecule has 1 aliphatic rings. The highest BCUT2D eigenvalue weighted by molar-refractivity contribution is 9.10. The minimum atomic E-state index is -0.321. The van der Waals surface area contributed by atoms with Gasteiger partial charge in [0.15, 0.2) is 0 Å². The SMILES string of the molecule is CC1(C)CCC(C(O)Cc2ccc(F)cc2Br)CC1. The normalized spacial score (nSPS) is 21.3. The third-order valence-electron chi connectivity index (χ3n) is 4.37. The van der Waals surface area contributed by atoms with Gasteiger partial charge in [-0.05, 0) is 61.1 Å². The molecule has 0 spiro atoms. The fraction of sp³-hybridized carbons (Fsp3) is 0.625. The Hall–Kier alpha value is -0.410. The highest BCUT2D eigenvalue weighted by Gasteiger charge is 2.30. The van der Waals surface area contributed by atoms with E-state index in [2.05, 4.69) is 29.8 Å². The second-order valence-corrected chi connectivity index (χ2v) is 7.36. The maximum atomic E-state index is 13.0. The van der Waals surface area contributed by atoms with Crippen LogP contribution in [0.4, 0.5) is 4.39 Å². The van der Waals surface area contributed by atoms with E-state index >= 15 is 0 Å². The van der Waals surface area contributed by atoms with Gasteiger partial charge in [-0.1, -0.05) is 35.8 Å². The zero-order valence-corrected chi connectivity index (χ0v) is 13.2. The summed E-state index contributed by atoms with van der Waals surface area (Å²) in [4.78, 5) is 0. The summed E-state index contributed by atoms with van der Waals surface area (Å²) in [5.41, 5.74) is 1.41. The Labute approximate surface area is 123 Å². The van der Waals surface area contributed by atoms with E-state index in [1.807, 2.05) is 0 Å². The average molecular weight is 329 g/mol. The largest absolute Gasteiger partial charge is 0.392 e. The maximum absolute atomic E-state index is 13.0. The van der Waals surface area contributed by atoms with Crippen molar-refractivity contribution in [1.82, 2.24) is 0 Å². The molecule has 1 saturated carbocycles. The van der Waals surface area contributed by atoms with Gasteiger partial charge < -0.3 is 5.11 Å². The second kappa shape index (κ2) is 5.92. The lowest BCUT2D eigenvalue weighted by Crippen LogP contribution is -2.30. The molecule has 1 unspecified atom stereocenters. The van der Waals surface area contributed by atoms with Crippen LogP contribution in [0.25, 0.3) is 0 Å². The molecule has 0 aromatic heterocycles. The smallest absolute Gasteiger partial charge is 0.124 e. The summed E-state index contributed by atoms with van der Waals surface area (Å²) in [5, 5.41) is 10.4. The van der Waals surface area contributed by atoms with Crippen molar-refractivity contribution in [3.63, 3.8) is 0 Å². The first-order chi connectivity index (χ1) is 8.87. The third-order valence-corrected chi connectivity index (χ3v) is 5.11. The van der Waals surface area contributed by atoms with Gasteiger partial charge in [-0.3, -0.25) is 0 Å².